The number of nitriles is 1. The maximum absolute atomic E-state index is 14.2. The van der Waals surface area contributed by atoms with Gasteiger partial charge in [-0.15, -0.1) is 0 Å². The fourth-order valence-corrected chi connectivity index (χ4v) is 4.31. The zero-order chi connectivity index (χ0) is 21.0. The van der Waals surface area contributed by atoms with Crippen LogP contribution < -0.4 is 5.32 Å². The summed E-state index contributed by atoms with van der Waals surface area (Å²) in [4.78, 5) is 12.3. The number of nitrogens with zero attached hydrogens (tertiary/aromatic N) is 2. The highest BCUT2D eigenvalue weighted by Gasteiger charge is 2.28. The third-order valence-corrected chi connectivity index (χ3v) is 6.31. The van der Waals surface area contributed by atoms with Crippen molar-refractivity contribution >= 4 is 15.9 Å². The lowest BCUT2D eigenvalue weighted by Crippen LogP contribution is -2.40. The van der Waals surface area contributed by atoms with Gasteiger partial charge in [0, 0.05) is 18.7 Å². The van der Waals surface area contributed by atoms with Gasteiger partial charge in [0.1, 0.15) is 17.7 Å². The molecule has 1 aliphatic heterocycles. The molecule has 2 aromatic carbocycles. The van der Waals surface area contributed by atoms with Gasteiger partial charge in [-0.2, -0.15) is 9.57 Å². The Balaban J connectivity index is 1.88. The second-order valence-electron chi connectivity index (χ2n) is 6.22. The SMILES string of the molecule is N#CC(NC(=O)c1cc(S(=O)(=O)N2CCOCC2)ccc1F)c1ccccc1F. The molecule has 10 heteroatoms. The summed E-state index contributed by atoms with van der Waals surface area (Å²) in [5.41, 5.74) is -0.642. The third kappa shape index (κ3) is 4.42. The molecule has 0 bridgehead atoms. The topological polar surface area (TPSA) is 99.5 Å². The molecule has 1 fully saturated rings. The van der Waals surface area contributed by atoms with Crippen LogP contribution in [0.5, 0.6) is 0 Å². The molecule has 0 aromatic heterocycles. The molecule has 0 aliphatic carbocycles. The van der Waals surface area contributed by atoms with Crippen molar-refractivity contribution in [2.24, 2.45) is 0 Å². The Kier molecular flexibility index (Phi) is 6.22. The van der Waals surface area contributed by atoms with Gasteiger partial charge in [0.2, 0.25) is 10.0 Å². The predicted molar refractivity (Wildman–Crippen MR) is 98.2 cm³/mol. The lowest BCUT2D eigenvalue weighted by atomic mass is 10.1. The van der Waals surface area contributed by atoms with E-state index in [0.717, 1.165) is 24.3 Å². The van der Waals surface area contributed by atoms with Crippen LogP contribution in [0, 0.1) is 23.0 Å². The average molecular weight is 421 g/mol. The fraction of sp³-hybridized carbons (Fsp3) is 0.263. The number of carbonyl (C=O) groups excluding carboxylic acids is 1. The molecule has 0 saturated carbocycles. The molecule has 3 rings (SSSR count). The lowest BCUT2D eigenvalue weighted by Gasteiger charge is -2.26. The van der Waals surface area contributed by atoms with Gasteiger partial charge in [0.15, 0.2) is 0 Å². The molecule has 1 atom stereocenters. The Morgan fingerprint density at radius 3 is 2.48 bits per heavy atom. The molecule has 152 valence electrons. The molecular weight excluding hydrogens is 404 g/mol. The van der Waals surface area contributed by atoms with Gasteiger partial charge in [-0.05, 0) is 24.3 Å². The minimum Gasteiger partial charge on any atom is -0.379 e. The molecule has 1 unspecified atom stereocenters. The highest BCUT2D eigenvalue weighted by atomic mass is 32.2. The van der Waals surface area contributed by atoms with Crippen LogP contribution in [0.3, 0.4) is 0 Å². The molecular formula is C19H17F2N3O4S. The first-order chi connectivity index (χ1) is 13.8. The third-order valence-electron chi connectivity index (χ3n) is 4.41. The number of rotatable bonds is 5. The van der Waals surface area contributed by atoms with E-state index in [9.17, 15) is 27.3 Å². The van der Waals surface area contributed by atoms with Crippen molar-refractivity contribution in [3.05, 3.63) is 65.2 Å². The first kappa shape index (κ1) is 20.9. The summed E-state index contributed by atoms with van der Waals surface area (Å²) in [5.74, 6) is -2.70. The van der Waals surface area contributed by atoms with Crippen molar-refractivity contribution in [2.45, 2.75) is 10.9 Å². The van der Waals surface area contributed by atoms with Gasteiger partial charge < -0.3 is 10.1 Å². The number of hydrogen-bond donors (Lipinski definition) is 1. The summed E-state index contributed by atoms with van der Waals surface area (Å²) < 4.78 is 59.9. The largest absolute Gasteiger partial charge is 0.379 e. The maximum Gasteiger partial charge on any atom is 0.255 e. The van der Waals surface area contributed by atoms with Crippen molar-refractivity contribution in [1.29, 1.82) is 5.26 Å². The van der Waals surface area contributed by atoms with E-state index < -0.39 is 39.2 Å². The number of sulfonamides is 1. The van der Waals surface area contributed by atoms with Crippen LogP contribution in [0.4, 0.5) is 8.78 Å². The lowest BCUT2D eigenvalue weighted by molar-refractivity contribution is 0.0730. The van der Waals surface area contributed by atoms with E-state index in [-0.39, 0.29) is 36.8 Å². The van der Waals surface area contributed by atoms with Crippen LogP contribution >= 0.6 is 0 Å². The minimum absolute atomic E-state index is 0.0825. The average Bonchev–Trinajstić information content (AvgIpc) is 2.73. The normalized spacial score (nSPS) is 16.0. The standard InChI is InChI=1S/C19H17F2N3O4S/c20-16-4-2-1-3-14(16)18(12-22)23-19(25)15-11-13(5-6-17(15)21)29(26,27)24-7-9-28-10-8-24/h1-6,11,18H,7-10H2,(H,23,25). The Labute approximate surface area is 166 Å². The van der Waals surface area contributed by atoms with Crippen molar-refractivity contribution in [1.82, 2.24) is 9.62 Å². The molecule has 0 radical (unpaired) electrons. The van der Waals surface area contributed by atoms with E-state index in [2.05, 4.69) is 5.32 Å². The number of amides is 1. The van der Waals surface area contributed by atoms with Crippen molar-refractivity contribution in [3.63, 3.8) is 0 Å². The Morgan fingerprint density at radius 1 is 1.14 bits per heavy atom. The number of morpholine rings is 1. The van der Waals surface area contributed by atoms with Crippen molar-refractivity contribution in [3.8, 4) is 6.07 Å². The first-order valence-electron chi connectivity index (χ1n) is 8.67. The van der Waals surface area contributed by atoms with E-state index >= 15 is 0 Å². The molecule has 1 saturated heterocycles. The summed E-state index contributed by atoms with van der Waals surface area (Å²) in [6.45, 7) is 0.760. The van der Waals surface area contributed by atoms with Gasteiger partial charge >= 0.3 is 0 Å². The first-order valence-corrected chi connectivity index (χ1v) is 10.1. The second kappa shape index (κ2) is 8.65. The van der Waals surface area contributed by atoms with Gasteiger partial charge in [-0.25, -0.2) is 17.2 Å². The van der Waals surface area contributed by atoms with E-state index in [1.807, 2.05) is 0 Å². The number of carbonyl (C=O) groups is 1. The summed E-state index contributed by atoms with van der Waals surface area (Å²) in [7, 11) is -3.95. The van der Waals surface area contributed by atoms with Crippen LogP contribution in [-0.4, -0.2) is 44.9 Å². The molecule has 1 N–H and O–H groups in total. The molecule has 29 heavy (non-hydrogen) atoms. The van der Waals surface area contributed by atoms with Gasteiger partial charge in [0.05, 0.1) is 29.7 Å². The maximum atomic E-state index is 14.2. The smallest absolute Gasteiger partial charge is 0.255 e. The van der Waals surface area contributed by atoms with Crippen molar-refractivity contribution in [2.75, 3.05) is 26.3 Å². The highest BCUT2D eigenvalue weighted by Crippen LogP contribution is 2.22. The molecule has 7 nitrogen and oxygen atoms in total. The molecule has 1 aliphatic rings. The summed E-state index contributed by atoms with van der Waals surface area (Å²) in [5, 5.41) is 11.5. The number of halogens is 2. The highest BCUT2D eigenvalue weighted by molar-refractivity contribution is 7.89. The van der Waals surface area contributed by atoms with E-state index in [0.29, 0.717) is 0 Å². The number of benzene rings is 2. The van der Waals surface area contributed by atoms with Crippen LogP contribution in [0.1, 0.15) is 22.0 Å². The van der Waals surface area contributed by atoms with Crippen LogP contribution in [0.2, 0.25) is 0 Å². The summed E-state index contributed by atoms with van der Waals surface area (Å²) in [6, 6.07) is 8.57. The predicted octanol–water partition coefficient (Wildman–Crippen LogP) is 1.98. The number of ether oxygens (including phenoxy) is 1. The summed E-state index contributed by atoms with van der Waals surface area (Å²) in [6.07, 6.45) is 0. The number of nitrogens with one attached hydrogen (secondary N) is 1. The number of hydrogen-bond acceptors (Lipinski definition) is 5. The van der Waals surface area contributed by atoms with Crippen LogP contribution in [0.25, 0.3) is 0 Å². The molecule has 1 amide bonds. The summed E-state index contributed by atoms with van der Waals surface area (Å²) >= 11 is 0. The Hall–Kier alpha value is -2.87. The minimum atomic E-state index is -3.95. The zero-order valence-electron chi connectivity index (χ0n) is 15.1. The van der Waals surface area contributed by atoms with E-state index in [4.69, 9.17) is 4.74 Å². The van der Waals surface area contributed by atoms with Crippen LogP contribution in [-0.2, 0) is 14.8 Å². The van der Waals surface area contributed by atoms with Gasteiger partial charge in [-0.3, -0.25) is 4.79 Å². The molecule has 1 heterocycles. The van der Waals surface area contributed by atoms with Gasteiger partial charge in [0.25, 0.3) is 5.91 Å². The quantitative estimate of drug-likeness (QED) is 0.796. The van der Waals surface area contributed by atoms with E-state index in [1.165, 1.54) is 22.5 Å². The molecule has 0 spiro atoms. The Morgan fingerprint density at radius 2 is 1.83 bits per heavy atom. The van der Waals surface area contributed by atoms with E-state index in [1.54, 1.807) is 6.07 Å². The molecule has 2 aromatic rings. The van der Waals surface area contributed by atoms with Crippen molar-refractivity contribution < 1.29 is 26.7 Å². The zero-order valence-corrected chi connectivity index (χ0v) is 16.0. The second-order valence-corrected chi connectivity index (χ2v) is 8.15. The monoisotopic (exact) mass is 421 g/mol. The van der Waals surface area contributed by atoms with Crippen LogP contribution in [0.15, 0.2) is 47.4 Å². The van der Waals surface area contributed by atoms with Gasteiger partial charge in [-0.1, -0.05) is 18.2 Å². The Bertz CT molecular complexity index is 1060. The fourth-order valence-electron chi connectivity index (χ4n) is 2.87.